The summed E-state index contributed by atoms with van der Waals surface area (Å²) in [5.74, 6) is 0.359. The number of benzene rings is 1. The average molecular weight is 272 g/mol. The fourth-order valence-electron chi connectivity index (χ4n) is 1.38. The Hall–Kier alpha value is -1.04. The molecule has 90 valence electrons. The Balaban J connectivity index is 2.32. The molecule has 3 nitrogen and oxygen atoms in total. The zero-order valence-corrected chi connectivity index (χ0v) is 10.5. The van der Waals surface area contributed by atoms with Crippen LogP contribution in [0.1, 0.15) is 0 Å². The highest BCUT2D eigenvalue weighted by molar-refractivity contribution is 7.99. The maximum atomic E-state index is 13.1. The van der Waals surface area contributed by atoms with Crippen molar-refractivity contribution in [1.82, 2.24) is 9.55 Å². The molecule has 0 unspecified atom stereocenters. The van der Waals surface area contributed by atoms with Gasteiger partial charge < -0.3 is 5.73 Å². The van der Waals surface area contributed by atoms with Gasteiger partial charge >= 0.3 is 0 Å². The summed E-state index contributed by atoms with van der Waals surface area (Å²) in [5, 5.41) is 0.920. The molecular weight excluding hydrogens is 261 g/mol. The molecule has 1 heterocycles. The van der Waals surface area contributed by atoms with E-state index in [2.05, 4.69) is 4.98 Å². The first kappa shape index (κ1) is 12.4. The predicted octanol–water partition coefficient (Wildman–Crippen LogP) is 2.72. The highest BCUT2D eigenvalue weighted by Gasteiger charge is 2.07. The Bertz CT molecular complexity index is 515. The first-order chi connectivity index (χ1) is 8.22. The van der Waals surface area contributed by atoms with Crippen molar-refractivity contribution in [3.05, 3.63) is 41.4 Å². The predicted molar refractivity (Wildman–Crippen MR) is 68.3 cm³/mol. The number of nitrogens with two attached hydrogens (primary N) is 1. The largest absolute Gasteiger partial charge is 0.330 e. The Morgan fingerprint density at radius 3 is 3.00 bits per heavy atom. The number of halogens is 2. The number of nitrogens with zero attached hydrogens (tertiary/aromatic N) is 2. The van der Waals surface area contributed by atoms with E-state index < -0.39 is 5.82 Å². The monoisotopic (exact) mass is 271 g/mol. The molecule has 0 radical (unpaired) electrons. The smallest absolute Gasteiger partial charge is 0.172 e. The molecular formula is C11H11ClFN3S. The molecule has 6 heteroatoms. The van der Waals surface area contributed by atoms with Crippen LogP contribution >= 0.6 is 23.4 Å². The third-order valence-electron chi connectivity index (χ3n) is 2.14. The van der Waals surface area contributed by atoms with E-state index in [1.54, 1.807) is 30.1 Å². The number of rotatable bonds is 4. The Labute approximate surface area is 108 Å². The topological polar surface area (TPSA) is 43.8 Å². The minimum atomic E-state index is -0.424. The lowest BCUT2D eigenvalue weighted by Crippen LogP contribution is -2.03. The fourth-order valence-corrected chi connectivity index (χ4v) is 2.29. The Morgan fingerprint density at radius 2 is 2.29 bits per heavy atom. The van der Waals surface area contributed by atoms with Crippen LogP contribution in [0.2, 0.25) is 5.02 Å². The summed E-state index contributed by atoms with van der Waals surface area (Å²) >= 11 is 7.30. The standard InChI is InChI=1S/C11H11ClFN3S/c12-9-7-8(1-2-10(9)13)16-5-4-15-11(16)17-6-3-14/h1-2,4-5,7H,3,6,14H2. The molecule has 0 saturated heterocycles. The van der Waals surface area contributed by atoms with E-state index in [0.29, 0.717) is 6.54 Å². The van der Waals surface area contributed by atoms with Crippen molar-refractivity contribution in [2.24, 2.45) is 5.73 Å². The van der Waals surface area contributed by atoms with Gasteiger partial charge in [0.05, 0.1) is 5.02 Å². The van der Waals surface area contributed by atoms with Crippen molar-refractivity contribution < 1.29 is 4.39 Å². The van der Waals surface area contributed by atoms with E-state index in [1.807, 2.05) is 10.8 Å². The zero-order chi connectivity index (χ0) is 12.3. The summed E-state index contributed by atoms with van der Waals surface area (Å²) in [6, 6.07) is 4.58. The molecule has 0 aliphatic heterocycles. The molecule has 17 heavy (non-hydrogen) atoms. The average Bonchev–Trinajstić information content (AvgIpc) is 2.78. The SMILES string of the molecule is NCCSc1nccn1-c1ccc(F)c(Cl)c1. The van der Waals surface area contributed by atoms with E-state index >= 15 is 0 Å². The molecule has 0 aliphatic carbocycles. The van der Waals surface area contributed by atoms with E-state index in [9.17, 15) is 4.39 Å². The van der Waals surface area contributed by atoms with Crippen LogP contribution in [0.3, 0.4) is 0 Å². The van der Waals surface area contributed by atoms with Crippen LogP contribution in [0.25, 0.3) is 5.69 Å². The van der Waals surface area contributed by atoms with E-state index in [0.717, 1.165) is 16.6 Å². The maximum Gasteiger partial charge on any atom is 0.172 e. The van der Waals surface area contributed by atoms with Gasteiger partial charge in [0, 0.05) is 30.4 Å². The minimum absolute atomic E-state index is 0.103. The van der Waals surface area contributed by atoms with Gasteiger partial charge in [-0.15, -0.1) is 0 Å². The molecule has 0 saturated carbocycles. The van der Waals surface area contributed by atoms with Gasteiger partial charge in [0.1, 0.15) is 5.82 Å². The van der Waals surface area contributed by atoms with E-state index in [1.165, 1.54) is 6.07 Å². The van der Waals surface area contributed by atoms with E-state index in [4.69, 9.17) is 17.3 Å². The molecule has 1 aromatic heterocycles. The number of imidazole rings is 1. The van der Waals surface area contributed by atoms with Gasteiger partial charge in [-0.2, -0.15) is 0 Å². The molecule has 0 atom stereocenters. The zero-order valence-electron chi connectivity index (χ0n) is 8.94. The summed E-state index contributed by atoms with van der Waals surface area (Å²) in [6.45, 7) is 0.585. The summed E-state index contributed by atoms with van der Waals surface area (Å²) in [5.41, 5.74) is 6.23. The van der Waals surface area contributed by atoms with Crippen LogP contribution in [0.4, 0.5) is 4.39 Å². The maximum absolute atomic E-state index is 13.1. The summed E-state index contributed by atoms with van der Waals surface area (Å²) in [4.78, 5) is 4.22. The normalized spacial score (nSPS) is 10.8. The second kappa shape index (κ2) is 5.53. The quantitative estimate of drug-likeness (QED) is 0.870. The second-order valence-electron chi connectivity index (χ2n) is 3.32. The molecule has 0 bridgehead atoms. The lowest BCUT2D eigenvalue weighted by molar-refractivity contribution is 0.627. The Morgan fingerprint density at radius 1 is 1.47 bits per heavy atom. The third-order valence-corrected chi connectivity index (χ3v) is 3.43. The molecule has 0 aliphatic rings. The van der Waals surface area contributed by atoms with Gasteiger partial charge in [-0.05, 0) is 18.2 Å². The van der Waals surface area contributed by atoms with Crippen LogP contribution < -0.4 is 5.73 Å². The van der Waals surface area contributed by atoms with Crippen LogP contribution in [0, 0.1) is 5.82 Å². The van der Waals surface area contributed by atoms with Crippen molar-refractivity contribution in [2.45, 2.75) is 5.16 Å². The van der Waals surface area contributed by atoms with Crippen molar-refractivity contribution in [1.29, 1.82) is 0 Å². The summed E-state index contributed by atoms with van der Waals surface area (Å²) < 4.78 is 14.9. The van der Waals surface area contributed by atoms with Crippen LogP contribution in [-0.4, -0.2) is 21.8 Å². The van der Waals surface area contributed by atoms with Crippen molar-refractivity contribution in [2.75, 3.05) is 12.3 Å². The summed E-state index contributed by atoms with van der Waals surface area (Å²) in [6.07, 6.45) is 3.50. The molecule has 0 fully saturated rings. The van der Waals surface area contributed by atoms with Crippen LogP contribution in [0.5, 0.6) is 0 Å². The lowest BCUT2D eigenvalue weighted by Gasteiger charge is -2.07. The van der Waals surface area contributed by atoms with Gasteiger partial charge in [-0.1, -0.05) is 23.4 Å². The molecule has 0 amide bonds. The highest BCUT2D eigenvalue weighted by Crippen LogP contribution is 2.23. The van der Waals surface area contributed by atoms with Gasteiger partial charge in [0.2, 0.25) is 0 Å². The van der Waals surface area contributed by atoms with Gasteiger partial charge in [-0.3, -0.25) is 4.57 Å². The first-order valence-corrected chi connectivity index (χ1v) is 6.40. The number of aromatic nitrogens is 2. The Kier molecular flexibility index (Phi) is 4.04. The first-order valence-electron chi connectivity index (χ1n) is 5.04. The molecule has 2 aromatic rings. The molecule has 2 rings (SSSR count). The lowest BCUT2D eigenvalue weighted by atomic mass is 10.3. The summed E-state index contributed by atoms with van der Waals surface area (Å²) in [7, 11) is 0. The van der Waals surface area contributed by atoms with E-state index in [-0.39, 0.29) is 5.02 Å². The van der Waals surface area contributed by atoms with Gasteiger partial charge in [-0.25, -0.2) is 9.37 Å². The highest BCUT2D eigenvalue weighted by atomic mass is 35.5. The third kappa shape index (κ3) is 2.80. The van der Waals surface area contributed by atoms with Crippen molar-refractivity contribution in [3.8, 4) is 5.69 Å². The van der Waals surface area contributed by atoms with Crippen LogP contribution in [-0.2, 0) is 0 Å². The number of hydrogen-bond acceptors (Lipinski definition) is 3. The number of hydrogen-bond donors (Lipinski definition) is 1. The van der Waals surface area contributed by atoms with Crippen molar-refractivity contribution >= 4 is 23.4 Å². The van der Waals surface area contributed by atoms with Crippen LogP contribution in [0.15, 0.2) is 35.7 Å². The number of thioether (sulfide) groups is 1. The van der Waals surface area contributed by atoms with Crippen molar-refractivity contribution in [3.63, 3.8) is 0 Å². The molecule has 2 N–H and O–H groups in total. The molecule has 0 spiro atoms. The van der Waals surface area contributed by atoms with Gasteiger partial charge in [0.15, 0.2) is 5.16 Å². The fraction of sp³-hybridized carbons (Fsp3) is 0.182. The second-order valence-corrected chi connectivity index (χ2v) is 4.78. The molecule has 1 aromatic carbocycles. The minimum Gasteiger partial charge on any atom is -0.330 e. The van der Waals surface area contributed by atoms with Gasteiger partial charge in [0.25, 0.3) is 0 Å².